The van der Waals surface area contributed by atoms with Crippen molar-refractivity contribution in [2.75, 3.05) is 5.33 Å². The minimum Gasteiger partial charge on any atom is -0.395 e. The monoisotopic (exact) mass is 220 g/mol. The highest BCUT2D eigenvalue weighted by Gasteiger charge is 2.15. The van der Waals surface area contributed by atoms with Crippen LogP contribution in [-0.2, 0) is 0 Å². The van der Waals surface area contributed by atoms with Crippen molar-refractivity contribution in [1.82, 2.24) is 0 Å². The van der Waals surface area contributed by atoms with Gasteiger partial charge in [0.1, 0.15) is 0 Å². The van der Waals surface area contributed by atoms with Gasteiger partial charge in [-0.3, -0.25) is 4.79 Å². The lowest BCUT2D eigenvalue weighted by molar-refractivity contribution is 0.0991. The normalized spacial score (nSPS) is 10.0. The van der Waals surface area contributed by atoms with E-state index in [0.717, 1.165) is 0 Å². The average molecular weight is 221 g/mol. The smallest absolute Gasteiger partial charge is 0.395 e. The van der Waals surface area contributed by atoms with Gasteiger partial charge in [-0.25, -0.2) is 4.79 Å². The summed E-state index contributed by atoms with van der Waals surface area (Å²) in [6.45, 7) is 1.50. The number of hydrogen-bond donors (Lipinski definition) is 0. The van der Waals surface area contributed by atoms with Crippen molar-refractivity contribution in [3.8, 4) is 0 Å². The van der Waals surface area contributed by atoms with E-state index in [9.17, 15) is 9.59 Å². The molecule has 0 spiro atoms. The highest BCUT2D eigenvalue weighted by molar-refractivity contribution is 9.09. The van der Waals surface area contributed by atoms with Gasteiger partial charge in [-0.2, -0.15) is 0 Å². The third kappa shape index (κ3) is 1.59. The molecule has 0 saturated carbocycles. The number of hydrogen-bond acceptors (Lipinski definition) is 4. The van der Waals surface area contributed by atoms with Gasteiger partial charge >= 0.3 is 5.82 Å². The van der Waals surface area contributed by atoms with Crippen LogP contribution in [0.15, 0.2) is 13.6 Å². The lowest BCUT2D eigenvalue weighted by atomic mass is 10.3. The molecule has 0 fully saturated rings. The van der Waals surface area contributed by atoms with E-state index in [4.69, 9.17) is 0 Å². The van der Waals surface area contributed by atoms with Crippen molar-refractivity contribution in [2.45, 2.75) is 6.92 Å². The Morgan fingerprint density at radius 1 is 1.55 bits per heavy atom. The summed E-state index contributed by atoms with van der Waals surface area (Å²) in [6.07, 6.45) is 0. The first-order chi connectivity index (χ1) is 5.15. The Balaban J connectivity index is 3.13. The molecule has 0 radical (unpaired) electrons. The summed E-state index contributed by atoms with van der Waals surface area (Å²) >= 11 is 2.94. The summed E-state index contributed by atoms with van der Waals surface area (Å²) in [5, 5.41) is 0.121. The lowest BCUT2D eigenvalue weighted by Gasteiger charge is -1.86. The maximum atomic E-state index is 10.9. The maximum absolute atomic E-state index is 10.9. The second kappa shape index (κ2) is 3.04. The number of ketones is 1. The number of carbonyl (C=O) groups excluding carboxylic acids is 1. The van der Waals surface area contributed by atoms with E-state index < -0.39 is 5.82 Å². The van der Waals surface area contributed by atoms with E-state index in [1.54, 1.807) is 0 Å². The standard InChI is InChI=1S/C6H5BrO4/c1-3-5(4(8)2-7)11-6(9)10-3/h2H2,1H3. The van der Waals surface area contributed by atoms with Crippen LogP contribution in [0.3, 0.4) is 0 Å². The van der Waals surface area contributed by atoms with Gasteiger partial charge in [0, 0.05) is 0 Å². The van der Waals surface area contributed by atoms with E-state index in [0.29, 0.717) is 0 Å². The molecular formula is C6H5BrO4. The molecule has 0 amide bonds. The Bertz CT molecular complexity index is 322. The Kier molecular flexibility index (Phi) is 2.28. The zero-order valence-electron chi connectivity index (χ0n) is 5.72. The third-order valence-electron chi connectivity index (χ3n) is 1.12. The molecule has 60 valence electrons. The van der Waals surface area contributed by atoms with Crippen LogP contribution in [0.2, 0.25) is 0 Å². The summed E-state index contributed by atoms with van der Waals surface area (Å²) in [4.78, 5) is 21.3. The Morgan fingerprint density at radius 2 is 2.18 bits per heavy atom. The molecule has 1 aromatic rings. The zero-order chi connectivity index (χ0) is 8.43. The largest absolute Gasteiger partial charge is 0.519 e. The number of aryl methyl sites for hydroxylation is 1. The molecule has 0 atom stereocenters. The Labute approximate surface area is 70.3 Å². The van der Waals surface area contributed by atoms with Crippen molar-refractivity contribution in [3.63, 3.8) is 0 Å². The molecule has 0 N–H and O–H groups in total. The van der Waals surface area contributed by atoms with E-state index in [2.05, 4.69) is 24.8 Å². The van der Waals surface area contributed by atoms with E-state index in [-0.39, 0.29) is 22.6 Å². The fourth-order valence-electron chi connectivity index (χ4n) is 0.661. The maximum Gasteiger partial charge on any atom is 0.519 e. The predicted octanol–water partition coefficient (Wildman–Crippen LogP) is 1.12. The lowest BCUT2D eigenvalue weighted by Crippen LogP contribution is -2.00. The molecule has 11 heavy (non-hydrogen) atoms. The van der Waals surface area contributed by atoms with Crippen LogP contribution in [-0.4, -0.2) is 11.1 Å². The molecule has 0 aliphatic heterocycles. The molecule has 0 bridgehead atoms. The molecule has 1 aromatic heterocycles. The van der Waals surface area contributed by atoms with Gasteiger partial charge < -0.3 is 8.83 Å². The molecule has 0 aliphatic carbocycles. The van der Waals surface area contributed by atoms with Crippen LogP contribution >= 0.6 is 15.9 Å². The molecule has 5 heteroatoms. The van der Waals surface area contributed by atoms with Gasteiger partial charge in [0.2, 0.25) is 11.5 Å². The van der Waals surface area contributed by atoms with Gasteiger partial charge in [0.05, 0.1) is 5.33 Å². The van der Waals surface area contributed by atoms with E-state index in [1.165, 1.54) is 6.92 Å². The molecule has 0 aromatic carbocycles. The quantitative estimate of drug-likeness (QED) is 0.554. The Hall–Kier alpha value is -0.840. The van der Waals surface area contributed by atoms with E-state index >= 15 is 0 Å². The molecule has 0 aliphatic rings. The van der Waals surface area contributed by atoms with Crippen molar-refractivity contribution in [1.29, 1.82) is 0 Å². The number of Topliss-reactive ketones (excluding diaryl/α,β-unsaturated/α-hetero) is 1. The molecule has 0 unspecified atom stereocenters. The average Bonchev–Trinajstić information content (AvgIpc) is 2.28. The van der Waals surface area contributed by atoms with Crippen LogP contribution in [0.25, 0.3) is 0 Å². The number of carbonyl (C=O) groups is 1. The SMILES string of the molecule is Cc1oc(=O)oc1C(=O)CBr. The number of rotatable bonds is 2. The predicted molar refractivity (Wildman–Crippen MR) is 40.1 cm³/mol. The van der Waals surface area contributed by atoms with Gasteiger partial charge in [-0.15, -0.1) is 0 Å². The first kappa shape index (κ1) is 8.26. The first-order valence-corrected chi connectivity index (χ1v) is 3.97. The molecule has 4 nitrogen and oxygen atoms in total. The van der Waals surface area contributed by atoms with Gasteiger partial charge in [-0.05, 0) is 6.92 Å². The topological polar surface area (TPSA) is 60.4 Å². The molecule has 0 saturated heterocycles. The number of alkyl halides is 1. The van der Waals surface area contributed by atoms with Gasteiger partial charge in [0.25, 0.3) is 0 Å². The van der Waals surface area contributed by atoms with Crippen LogP contribution in [0.4, 0.5) is 0 Å². The third-order valence-corrected chi connectivity index (χ3v) is 1.63. The van der Waals surface area contributed by atoms with Crippen molar-refractivity contribution >= 4 is 21.7 Å². The minimum absolute atomic E-state index is 0.00752. The highest BCUT2D eigenvalue weighted by atomic mass is 79.9. The van der Waals surface area contributed by atoms with Crippen molar-refractivity contribution in [2.24, 2.45) is 0 Å². The molecule has 1 rings (SSSR count). The summed E-state index contributed by atoms with van der Waals surface area (Å²) in [7, 11) is 0. The van der Waals surface area contributed by atoms with Crippen LogP contribution in [0, 0.1) is 6.92 Å². The summed E-state index contributed by atoms with van der Waals surface area (Å²) in [6, 6.07) is 0. The van der Waals surface area contributed by atoms with Crippen LogP contribution < -0.4 is 5.82 Å². The molecule has 1 heterocycles. The molecular weight excluding hydrogens is 216 g/mol. The summed E-state index contributed by atoms with van der Waals surface area (Å²) < 4.78 is 8.94. The second-order valence-electron chi connectivity index (χ2n) is 1.90. The first-order valence-electron chi connectivity index (χ1n) is 2.85. The van der Waals surface area contributed by atoms with Crippen LogP contribution in [0.5, 0.6) is 0 Å². The van der Waals surface area contributed by atoms with Gasteiger partial charge in [-0.1, -0.05) is 15.9 Å². The zero-order valence-corrected chi connectivity index (χ0v) is 7.30. The van der Waals surface area contributed by atoms with Gasteiger partial charge in [0.15, 0.2) is 5.76 Å². The second-order valence-corrected chi connectivity index (χ2v) is 2.46. The van der Waals surface area contributed by atoms with Crippen LogP contribution in [0.1, 0.15) is 16.3 Å². The minimum atomic E-state index is -0.841. The summed E-state index contributed by atoms with van der Waals surface area (Å²) in [5.41, 5.74) is 0. The highest BCUT2D eigenvalue weighted by Crippen LogP contribution is 2.06. The fourth-order valence-corrected chi connectivity index (χ4v) is 0.916. The van der Waals surface area contributed by atoms with Crippen molar-refractivity contribution in [3.05, 3.63) is 22.1 Å². The fraction of sp³-hybridized carbons (Fsp3) is 0.333. The summed E-state index contributed by atoms with van der Waals surface area (Å²) in [5.74, 6) is -0.925. The Morgan fingerprint density at radius 3 is 2.55 bits per heavy atom. The van der Waals surface area contributed by atoms with E-state index in [1.807, 2.05) is 0 Å². The van der Waals surface area contributed by atoms with Crippen molar-refractivity contribution < 1.29 is 13.6 Å². The number of halogens is 1.